The van der Waals surface area contributed by atoms with Crippen LogP contribution in [0.1, 0.15) is 0 Å². The molecule has 0 fully saturated rings. The van der Waals surface area contributed by atoms with Crippen LogP contribution >= 0.6 is 11.8 Å². The lowest BCUT2D eigenvalue weighted by Crippen LogP contribution is -2.19. The number of fused-ring (bicyclic) bond motifs is 1. The Morgan fingerprint density at radius 1 is 1.45 bits per heavy atom. The number of carbonyl (C=O) groups excluding carboxylic acids is 1. The number of ether oxygens (including phenoxy) is 1. The molecule has 0 bridgehead atoms. The van der Waals surface area contributed by atoms with Crippen LogP contribution < -0.4 is 4.90 Å². The largest absolute Gasteiger partial charge is 0.460 e. The minimum Gasteiger partial charge on any atom is -0.460 e. The topological polar surface area (TPSA) is 108 Å². The molecule has 7 nitrogen and oxygen atoms in total. The summed E-state index contributed by atoms with van der Waals surface area (Å²) in [6, 6.07) is 9.19. The predicted molar refractivity (Wildman–Crippen MR) is 80.7 cm³/mol. The van der Waals surface area contributed by atoms with Crippen LogP contribution in [0.2, 0.25) is 0 Å². The summed E-state index contributed by atoms with van der Waals surface area (Å²) in [7, 11) is -2.50. The second-order valence-corrected chi connectivity index (χ2v) is 6.95. The van der Waals surface area contributed by atoms with Gasteiger partial charge in [0.1, 0.15) is 23.5 Å². The van der Waals surface area contributed by atoms with E-state index in [1.807, 2.05) is 24.3 Å². The number of thioether (sulfide) groups is 1. The summed E-state index contributed by atoms with van der Waals surface area (Å²) in [5.41, 5.74) is 0.653. The lowest BCUT2D eigenvalue weighted by Gasteiger charge is -2.14. The number of carbonyl (C=O) groups is 1. The zero-order valence-corrected chi connectivity index (χ0v) is 13.1. The molecular weight excluding hydrogens is 328 g/mol. The van der Waals surface area contributed by atoms with E-state index in [1.165, 1.54) is 11.8 Å². The van der Waals surface area contributed by atoms with Crippen molar-refractivity contribution in [1.29, 1.82) is 5.26 Å². The van der Waals surface area contributed by atoms with E-state index in [-0.39, 0.29) is 5.57 Å². The summed E-state index contributed by atoms with van der Waals surface area (Å²) in [6.45, 7) is -0.516. The molecule has 1 aromatic rings. The smallest absolute Gasteiger partial charge is 0.351 e. The monoisotopic (exact) mass is 340 g/mol. The molecule has 1 heterocycles. The molecular formula is C13H12N2O5S2. The van der Waals surface area contributed by atoms with E-state index in [9.17, 15) is 18.5 Å². The maximum Gasteiger partial charge on any atom is 0.351 e. The predicted octanol–water partition coefficient (Wildman–Crippen LogP) is 1.39. The van der Waals surface area contributed by atoms with Gasteiger partial charge in [0, 0.05) is 11.9 Å². The second kappa shape index (κ2) is 6.39. The molecule has 0 spiro atoms. The van der Waals surface area contributed by atoms with Crippen molar-refractivity contribution in [1.82, 2.24) is 0 Å². The van der Waals surface area contributed by atoms with Crippen molar-refractivity contribution in [3.63, 3.8) is 0 Å². The lowest BCUT2D eigenvalue weighted by molar-refractivity contribution is -0.137. The minimum absolute atomic E-state index is 0.209. The van der Waals surface area contributed by atoms with Crippen molar-refractivity contribution in [2.24, 2.45) is 0 Å². The number of benzene rings is 1. The maximum absolute atomic E-state index is 11.9. The van der Waals surface area contributed by atoms with Crippen LogP contribution in [0.25, 0.3) is 0 Å². The fourth-order valence-corrected chi connectivity index (χ4v) is 3.24. The van der Waals surface area contributed by atoms with Gasteiger partial charge in [-0.3, -0.25) is 4.55 Å². The van der Waals surface area contributed by atoms with E-state index in [4.69, 9.17) is 9.29 Å². The van der Waals surface area contributed by atoms with Crippen LogP contribution in [-0.4, -0.2) is 38.3 Å². The number of esters is 1. The molecule has 9 heteroatoms. The summed E-state index contributed by atoms with van der Waals surface area (Å²) >= 11 is 1.26. The van der Waals surface area contributed by atoms with Crippen molar-refractivity contribution in [2.45, 2.75) is 4.90 Å². The Morgan fingerprint density at radius 2 is 2.14 bits per heavy atom. The van der Waals surface area contributed by atoms with E-state index in [2.05, 4.69) is 0 Å². The molecule has 0 amide bonds. The van der Waals surface area contributed by atoms with Gasteiger partial charge in [-0.05, 0) is 12.1 Å². The normalized spacial score (nSPS) is 16.0. The molecule has 1 aromatic carbocycles. The highest BCUT2D eigenvalue weighted by Gasteiger charge is 2.28. The van der Waals surface area contributed by atoms with Gasteiger partial charge < -0.3 is 9.64 Å². The molecule has 1 aliphatic heterocycles. The van der Waals surface area contributed by atoms with E-state index in [0.29, 0.717) is 5.03 Å². The fraction of sp³-hybridized carbons (Fsp3) is 0.231. The molecule has 0 aromatic heterocycles. The van der Waals surface area contributed by atoms with Crippen molar-refractivity contribution in [2.75, 3.05) is 24.3 Å². The van der Waals surface area contributed by atoms with Crippen LogP contribution in [0.4, 0.5) is 5.69 Å². The third-order valence-electron chi connectivity index (χ3n) is 2.84. The molecule has 0 saturated heterocycles. The molecule has 22 heavy (non-hydrogen) atoms. The molecule has 2 rings (SSSR count). The van der Waals surface area contributed by atoms with E-state index in [0.717, 1.165) is 10.6 Å². The Morgan fingerprint density at radius 3 is 2.73 bits per heavy atom. The van der Waals surface area contributed by atoms with Crippen molar-refractivity contribution in [3.05, 3.63) is 34.9 Å². The zero-order valence-electron chi connectivity index (χ0n) is 11.5. The summed E-state index contributed by atoms with van der Waals surface area (Å²) in [5.74, 6) is -1.64. The molecule has 0 aliphatic carbocycles. The molecule has 0 unspecified atom stereocenters. The zero-order chi connectivity index (χ0) is 16.3. The van der Waals surface area contributed by atoms with Gasteiger partial charge in [0.2, 0.25) is 0 Å². The van der Waals surface area contributed by atoms with E-state index in [1.54, 1.807) is 18.0 Å². The molecule has 0 radical (unpaired) electrons. The highest BCUT2D eigenvalue weighted by Crippen LogP contribution is 2.46. The lowest BCUT2D eigenvalue weighted by atomic mass is 10.3. The van der Waals surface area contributed by atoms with Gasteiger partial charge in [0.15, 0.2) is 5.57 Å². The quantitative estimate of drug-likeness (QED) is 0.379. The molecule has 0 atom stereocenters. The summed E-state index contributed by atoms with van der Waals surface area (Å²) in [6.07, 6.45) is 0. The molecule has 0 saturated carbocycles. The number of nitriles is 1. The van der Waals surface area contributed by atoms with Crippen molar-refractivity contribution < 1.29 is 22.5 Å². The summed E-state index contributed by atoms with van der Waals surface area (Å²) in [5, 5.41) is 9.61. The number of hydrogen-bond donors (Lipinski definition) is 1. The Labute approximate surface area is 131 Å². The number of hydrogen-bond acceptors (Lipinski definition) is 7. The minimum atomic E-state index is -4.22. The third-order valence-corrected chi connectivity index (χ3v) is 4.76. The van der Waals surface area contributed by atoms with Gasteiger partial charge in [-0.15, -0.1) is 0 Å². The third kappa shape index (κ3) is 3.59. The Balaban J connectivity index is 2.19. The van der Waals surface area contributed by atoms with Crippen LogP contribution in [0.15, 0.2) is 39.8 Å². The first-order chi connectivity index (χ1) is 10.3. The summed E-state index contributed by atoms with van der Waals surface area (Å²) in [4.78, 5) is 14.5. The van der Waals surface area contributed by atoms with Crippen LogP contribution in [-0.2, 0) is 19.6 Å². The Hall–Kier alpha value is -2.02. The van der Waals surface area contributed by atoms with Gasteiger partial charge in [-0.1, -0.05) is 23.9 Å². The van der Waals surface area contributed by atoms with Crippen molar-refractivity contribution in [3.8, 4) is 6.07 Å². The Kier molecular flexibility index (Phi) is 4.75. The van der Waals surface area contributed by atoms with E-state index < -0.39 is 28.4 Å². The maximum atomic E-state index is 11.9. The highest BCUT2D eigenvalue weighted by atomic mass is 32.2. The molecule has 1 N–H and O–H groups in total. The SMILES string of the molecule is CN1/C(=C(\C#N)C(=O)OCCS(=O)(=O)O)Sc2ccccc21. The first-order valence-corrected chi connectivity index (χ1v) is 8.53. The first kappa shape index (κ1) is 16.4. The Bertz CT molecular complexity index is 780. The van der Waals surface area contributed by atoms with Crippen LogP contribution in [0.5, 0.6) is 0 Å². The standard InChI is InChI=1S/C13H12N2O5S2/c1-15-10-4-2-3-5-11(10)21-12(15)9(8-14)13(16)20-6-7-22(17,18)19/h2-5H,6-7H2,1H3,(H,17,18,19)/b12-9-. The highest BCUT2D eigenvalue weighted by molar-refractivity contribution is 8.03. The average molecular weight is 340 g/mol. The average Bonchev–Trinajstić information content (AvgIpc) is 2.76. The van der Waals surface area contributed by atoms with Gasteiger partial charge >= 0.3 is 5.97 Å². The van der Waals surface area contributed by atoms with Crippen molar-refractivity contribution >= 4 is 33.5 Å². The molecule has 1 aliphatic rings. The number of anilines is 1. The fourth-order valence-electron chi connectivity index (χ4n) is 1.81. The van der Waals surface area contributed by atoms with Gasteiger partial charge in [0.05, 0.1) is 5.69 Å². The van der Waals surface area contributed by atoms with Crippen LogP contribution in [0, 0.1) is 11.3 Å². The van der Waals surface area contributed by atoms with Gasteiger partial charge in [-0.2, -0.15) is 13.7 Å². The van der Waals surface area contributed by atoms with E-state index >= 15 is 0 Å². The molecule has 116 valence electrons. The van der Waals surface area contributed by atoms with Gasteiger partial charge in [-0.25, -0.2) is 4.79 Å². The van der Waals surface area contributed by atoms with Gasteiger partial charge in [0.25, 0.3) is 10.1 Å². The van der Waals surface area contributed by atoms with Crippen LogP contribution in [0.3, 0.4) is 0 Å². The number of para-hydroxylation sites is 1. The second-order valence-electron chi connectivity index (χ2n) is 4.34. The first-order valence-electron chi connectivity index (χ1n) is 6.11. The summed E-state index contributed by atoms with van der Waals surface area (Å²) < 4.78 is 34.5. The number of rotatable bonds is 4. The number of nitrogens with zero attached hydrogens (tertiary/aromatic N) is 2.